The highest BCUT2D eigenvalue weighted by Crippen LogP contribution is 2.47. The first-order valence-electron chi connectivity index (χ1n) is 21.7. The Morgan fingerprint density at radius 1 is 0.525 bits per heavy atom. The third-order valence-electron chi connectivity index (χ3n) is 12.3. The zero-order valence-electron chi connectivity index (χ0n) is 34.6. The summed E-state index contributed by atoms with van der Waals surface area (Å²) in [5.41, 5.74) is 18.5. The number of hydrogen-bond donors (Lipinski definition) is 0. The highest BCUT2D eigenvalue weighted by Gasteiger charge is 2.22. The van der Waals surface area contributed by atoms with Crippen molar-refractivity contribution in [2.24, 2.45) is 0 Å². The number of hydrogen-bond acceptors (Lipinski definition) is 0. The van der Waals surface area contributed by atoms with Gasteiger partial charge in [-0.1, -0.05) is 209 Å². The summed E-state index contributed by atoms with van der Waals surface area (Å²) in [6.07, 6.45) is 26.0. The maximum Gasteiger partial charge on any atom is 0.00671 e. The Balaban J connectivity index is 0.00000221. The van der Waals surface area contributed by atoms with Gasteiger partial charge in [-0.3, -0.25) is 0 Å². The van der Waals surface area contributed by atoms with Crippen molar-refractivity contribution < 1.29 is 0 Å². The summed E-state index contributed by atoms with van der Waals surface area (Å²) < 4.78 is 0. The van der Waals surface area contributed by atoms with Crippen LogP contribution < -0.4 is 0 Å². The second-order valence-electron chi connectivity index (χ2n) is 15.7. The van der Waals surface area contributed by atoms with Crippen molar-refractivity contribution >= 4 is 33.2 Å². The van der Waals surface area contributed by atoms with E-state index in [9.17, 15) is 0 Å². The zero-order chi connectivity index (χ0) is 40.1. The highest BCUT2D eigenvalue weighted by molar-refractivity contribution is 6.22. The number of allylic oxidation sites excluding steroid dienone is 11. The summed E-state index contributed by atoms with van der Waals surface area (Å²) in [6, 6.07) is 52.6. The summed E-state index contributed by atoms with van der Waals surface area (Å²) in [5.74, 6) is 0.216. The van der Waals surface area contributed by atoms with Crippen LogP contribution >= 0.6 is 0 Å². The van der Waals surface area contributed by atoms with Crippen LogP contribution in [0, 0.1) is 0 Å². The fraction of sp³-hybridized carbons (Fsp3) is 0.153. The third kappa shape index (κ3) is 7.30. The molecule has 1 atom stereocenters. The fourth-order valence-corrected chi connectivity index (χ4v) is 9.51. The lowest BCUT2D eigenvalue weighted by molar-refractivity contribution is 0.917. The Hall–Kier alpha value is -6.50. The Labute approximate surface area is 351 Å². The van der Waals surface area contributed by atoms with E-state index in [1.807, 2.05) is 13.8 Å². The van der Waals surface area contributed by atoms with Crippen LogP contribution in [-0.2, 0) is 6.42 Å². The predicted octanol–water partition coefficient (Wildman–Crippen LogP) is 16.7. The molecule has 3 aliphatic carbocycles. The quantitative estimate of drug-likeness (QED) is 0.142. The minimum Gasteiger partial charge on any atom is -0.0836 e. The van der Waals surface area contributed by atoms with E-state index < -0.39 is 0 Å². The summed E-state index contributed by atoms with van der Waals surface area (Å²) in [7, 11) is 0. The van der Waals surface area contributed by atoms with E-state index in [-0.39, 0.29) is 5.92 Å². The number of benzene rings is 7. The molecule has 59 heavy (non-hydrogen) atoms. The molecule has 3 aliphatic rings. The molecule has 0 saturated heterocycles. The van der Waals surface area contributed by atoms with E-state index in [1.54, 1.807) is 0 Å². The first kappa shape index (κ1) is 38.0. The lowest BCUT2D eigenvalue weighted by Crippen LogP contribution is -2.04. The van der Waals surface area contributed by atoms with Crippen LogP contribution in [0.5, 0.6) is 0 Å². The molecule has 0 heterocycles. The Bertz CT molecular complexity index is 2810. The van der Waals surface area contributed by atoms with Crippen molar-refractivity contribution in [2.75, 3.05) is 0 Å². The molecule has 0 spiro atoms. The normalized spacial score (nSPS) is 15.7. The van der Waals surface area contributed by atoms with Crippen LogP contribution in [0.4, 0.5) is 0 Å². The molecule has 10 rings (SSSR count). The molecule has 7 aromatic carbocycles. The minimum absolute atomic E-state index is 0.216. The average Bonchev–Trinajstić information content (AvgIpc) is 3.32. The van der Waals surface area contributed by atoms with Crippen LogP contribution in [0.2, 0.25) is 0 Å². The molecule has 0 amide bonds. The van der Waals surface area contributed by atoms with E-state index in [0.29, 0.717) is 0 Å². The Morgan fingerprint density at radius 2 is 1.17 bits per heavy atom. The van der Waals surface area contributed by atoms with Gasteiger partial charge in [0.15, 0.2) is 0 Å². The SMILES string of the molecule is CC.CC(c1ccc(-c2c3ccccc3c(-c3ccccc3-c3ccc4c(c3)C=CCC4)c3ccccc23)cc1)c1ccccc1/C(C1=CCCC=C1)=C1/C=CC=CC1. The molecule has 0 radical (unpaired) electrons. The van der Waals surface area contributed by atoms with Gasteiger partial charge in [0.05, 0.1) is 0 Å². The molecule has 0 bridgehead atoms. The van der Waals surface area contributed by atoms with Crippen molar-refractivity contribution in [3.8, 4) is 33.4 Å². The second kappa shape index (κ2) is 17.2. The molecule has 0 heteroatoms. The zero-order valence-corrected chi connectivity index (χ0v) is 34.6. The largest absolute Gasteiger partial charge is 0.0836 e. The highest BCUT2D eigenvalue weighted by atomic mass is 14.3. The van der Waals surface area contributed by atoms with Gasteiger partial charge in [0.2, 0.25) is 0 Å². The van der Waals surface area contributed by atoms with Gasteiger partial charge >= 0.3 is 0 Å². The van der Waals surface area contributed by atoms with Crippen LogP contribution in [0.25, 0.3) is 66.6 Å². The van der Waals surface area contributed by atoms with Crippen LogP contribution in [0.15, 0.2) is 199 Å². The van der Waals surface area contributed by atoms with E-state index in [1.165, 1.54) is 99.5 Å². The van der Waals surface area contributed by atoms with E-state index in [4.69, 9.17) is 0 Å². The topological polar surface area (TPSA) is 0 Å². The lowest BCUT2D eigenvalue weighted by Gasteiger charge is -2.23. The average molecular weight is 761 g/mol. The first-order valence-corrected chi connectivity index (χ1v) is 21.7. The maximum absolute atomic E-state index is 2.43. The summed E-state index contributed by atoms with van der Waals surface area (Å²) in [5, 5.41) is 5.11. The lowest BCUT2D eigenvalue weighted by atomic mass is 9.80. The number of aryl methyl sites for hydroxylation is 1. The van der Waals surface area contributed by atoms with Gasteiger partial charge in [0.1, 0.15) is 0 Å². The molecule has 7 aromatic rings. The van der Waals surface area contributed by atoms with Gasteiger partial charge in [-0.15, -0.1) is 0 Å². The molecule has 0 N–H and O–H groups in total. The number of rotatable bonds is 7. The molecule has 0 fully saturated rings. The van der Waals surface area contributed by atoms with Gasteiger partial charge < -0.3 is 0 Å². The standard InChI is InChI=1S/C57H46.C2H6/c1-39(47-24-10-12-26-49(47)55(42-19-4-2-5-20-42)43-21-6-3-7-22-43)40-32-35-44(36-33-40)56-51-28-14-16-30-53(51)57(54-31-17-15-29-52(54)56)50-27-13-11-25-48(50)46-37-34-41-18-8-9-23-45(41)38-46;1-2/h2,4-6,9-17,19,21-39H,3,7-8,18,20H2,1H3;1-2H3/b55-42-;. The molecule has 288 valence electrons. The molecule has 1 unspecified atom stereocenters. The monoisotopic (exact) mass is 760 g/mol. The van der Waals surface area contributed by atoms with Crippen molar-refractivity contribution in [3.63, 3.8) is 0 Å². The van der Waals surface area contributed by atoms with Crippen LogP contribution in [0.3, 0.4) is 0 Å². The predicted molar refractivity (Wildman–Crippen MR) is 257 cm³/mol. The molecular formula is C59H52. The molecule has 0 aromatic heterocycles. The van der Waals surface area contributed by atoms with Gasteiger partial charge in [-0.25, -0.2) is 0 Å². The first-order chi connectivity index (χ1) is 29.2. The van der Waals surface area contributed by atoms with Gasteiger partial charge in [0.25, 0.3) is 0 Å². The van der Waals surface area contributed by atoms with Gasteiger partial charge in [-0.2, -0.15) is 0 Å². The van der Waals surface area contributed by atoms with Crippen molar-refractivity contribution in [3.05, 3.63) is 227 Å². The fourth-order valence-electron chi connectivity index (χ4n) is 9.51. The summed E-state index contributed by atoms with van der Waals surface area (Å²) in [6.45, 7) is 6.37. The van der Waals surface area contributed by atoms with E-state index in [0.717, 1.165) is 32.1 Å². The summed E-state index contributed by atoms with van der Waals surface area (Å²) in [4.78, 5) is 0. The number of fused-ring (bicyclic) bond motifs is 3. The third-order valence-corrected chi connectivity index (χ3v) is 12.3. The molecule has 0 aliphatic heterocycles. The molecule has 0 nitrogen and oxygen atoms in total. The Kier molecular flexibility index (Phi) is 11.1. The van der Waals surface area contributed by atoms with E-state index in [2.05, 4.69) is 201 Å². The van der Waals surface area contributed by atoms with Crippen LogP contribution in [-0.4, -0.2) is 0 Å². The second-order valence-corrected chi connectivity index (χ2v) is 15.7. The Morgan fingerprint density at radius 3 is 1.86 bits per heavy atom. The molecule has 0 saturated carbocycles. The molecular weight excluding hydrogens is 709 g/mol. The minimum atomic E-state index is 0.216. The maximum atomic E-state index is 2.43. The van der Waals surface area contributed by atoms with Gasteiger partial charge in [0, 0.05) is 5.92 Å². The van der Waals surface area contributed by atoms with Crippen molar-refractivity contribution in [1.29, 1.82) is 0 Å². The van der Waals surface area contributed by atoms with Gasteiger partial charge in [-0.05, 0) is 138 Å². The van der Waals surface area contributed by atoms with E-state index >= 15 is 0 Å². The summed E-state index contributed by atoms with van der Waals surface area (Å²) >= 11 is 0. The van der Waals surface area contributed by atoms with Crippen molar-refractivity contribution in [1.82, 2.24) is 0 Å². The van der Waals surface area contributed by atoms with Crippen molar-refractivity contribution in [2.45, 2.75) is 58.8 Å². The van der Waals surface area contributed by atoms with Crippen LogP contribution in [0.1, 0.15) is 80.2 Å². The smallest absolute Gasteiger partial charge is 0.00671 e.